The molecule has 27 heavy (non-hydrogen) atoms. The zero-order chi connectivity index (χ0) is 19.0. The average Bonchev–Trinajstić information content (AvgIpc) is 3.34. The predicted molar refractivity (Wildman–Crippen MR) is 105 cm³/mol. The highest BCUT2D eigenvalue weighted by atomic mass is 32.1. The Kier molecular flexibility index (Phi) is 5.01. The molecule has 2 aliphatic carbocycles. The minimum absolute atomic E-state index is 0.0105. The third kappa shape index (κ3) is 3.63. The fraction of sp³-hybridized carbons (Fsp3) is 0.737. The van der Waals surface area contributed by atoms with Crippen molar-refractivity contribution in [3.63, 3.8) is 0 Å². The van der Waals surface area contributed by atoms with Crippen LogP contribution >= 0.6 is 11.3 Å². The first-order valence-electron chi connectivity index (χ1n) is 10.1. The molecule has 2 saturated carbocycles. The van der Waals surface area contributed by atoms with Gasteiger partial charge >= 0.3 is 0 Å². The summed E-state index contributed by atoms with van der Waals surface area (Å²) in [6.45, 7) is 4.91. The quantitative estimate of drug-likeness (QED) is 0.810. The van der Waals surface area contributed by atoms with Gasteiger partial charge in [0.2, 0.25) is 11.0 Å². The van der Waals surface area contributed by atoms with Gasteiger partial charge < -0.3 is 5.32 Å². The predicted octanol–water partition coefficient (Wildman–Crippen LogP) is 3.03. The molecule has 0 bridgehead atoms. The van der Waals surface area contributed by atoms with Crippen molar-refractivity contribution in [3.05, 3.63) is 5.01 Å². The number of nitrogens with zero attached hydrogens (tertiary/aromatic N) is 4. The van der Waals surface area contributed by atoms with Crippen LogP contribution in [-0.4, -0.2) is 44.8 Å². The Morgan fingerprint density at radius 1 is 1.19 bits per heavy atom. The maximum Gasteiger partial charge on any atom is 0.255 e. The molecule has 0 unspecified atom stereocenters. The van der Waals surface area contributed by atoms with Gasteiger partial charge in [-0.1, -0.05) is 25.2 Å². The molecule has 1 spiro atoms. The molecule has 8 heteroatoms. The first kappa shape index (κ1) is 18.5. The summed E-state index contributed by atoms with van der Waals surface area (Å²) in [5.74, 6) is 1.67. The molecule has 1 N–H and O–H groups in total. The van der Waals surface area contributed by atoms with E-state index in [0.717, 1.165) is 30.2 Å². The Balaban J connectivity index is 1.38. The molecule has 0 radical (unpaired) electrons. The van der Waals surface area contributed by atoms with Gasteiger partial charge in [-0.05, 0) is 50.9 Å². The van der Waals surface area contributed by atoms with Crippen LogP contribution in [-0.2, 0) is 16.0 Å². The molecule has 2 amide bonds. The minimum Gasteiger partial charge on any atom is -0.300 e. The number of amidine groups is 1. The fourth-order valence-corrected chi connectivity index (χ4v) is 4.76. The highest BCUT2D eigenvalue weighted by Crippen LogP contribution is 2.42. The molecule has 4 rings (SSSR count). The van der Waals surface area contributed by atoms with E-state index in [-0.39, 0.29) is 17.7 Å². The first-order chi connectivity index (χ1) is 13.0. The number of carbonyl (C=O) groups excluding carboxylic acids is 2. The molecule has 0 saturated heterocycles. The molecule has 1 aromatic heterocycles. The Labute approximate surface area is 163 Å². The van der Waals surface area contributed by atoms with Crippen LogP contribution in [0, 0.1) is 11.8 Å². The van der Waals surface area contributed by atoms with E-state index < -0.39 is 5.54 Å². The van der Waals surface area contributed by atoms with Gasteiger partial charge in [-0.25, -0.2) is 0 Å². The van der Waals surface area contributed by atoms with Crippen molar-refractivity contribution in [1.82, 2.24) is 15.1 Å². The Morgan fingerprint density at radius 3 is 2.52 bits per heavy atom. The van der Waals surface area contributed by atoms with E-state index in [4.69, 9.17) is 4.99 Å². The fourth-order valence-electron chi connectivity index (χ4n) is 4.08. The van der Waals surface area contributed by atoms with Crippen molar-refractivity contribution in [3.8, 4) is 0 Å². The van der Waals surface area contributed by atoms with Crippen LogP contribution < -0.4 is 5.32 Å². The number of aliphatic imine (C=N–C) groups is 1. The van der Waals surface area contributed by atoms with E-state index in [9.17, 15) is 9.59 Å². The molecule has 1 aromatic rings. The van der Waals surface area contributed by atoms with Crippen LogP contribution in [0.2, 0.25) is 0 Å². The molecule has 0 aromatic carbocycles. The van der Waals surface area contributed by atoms with Crippen molar-refractivity contribution in [2.24, 2.45) is 16.8 Å². The maximum absolute atomic E-state index is 13.1. The maximum atomic E-state index is 13.1. The van der Waals surface area contributed by atoms with Crippen LogP contribution in [0.15, 0.2) is 4.99 Å². The Bertz CT molecular complexity index is 762. The molecular formula is C19H27N5O2S. The molecule has 1 aliphatic heterocycles. The van der Waals surface area contributed by atoms with E-state index in [1.807, 2.05) is 11.8 Å². The van der Waals surface area contributed by atoms with Crippen molar-refractivity contribution in [1.29, 1.82) is 0 Å². The number of rotatable bonds is 6. The number of carbonyl (C=O) groups is 2. The third-order valence-electron chi connectivity index (χ3n) is 5.93. The third-order valence-corrected chi connectivity index (χ3v) is 6.92. The normalized spacial score (nSPS) is 27.9. The van der Waals surface area contributed by atoms with Gasteiger partial charge in [0, 0.05) is 18.9 Å². The van der Waals surface area contributed by atoms with Crippen LogP contribution in [0.1, 0.15) is 63.8 Å². The molecule has 146 valence electrons. The standard InChI is InChI=1S/C19H27N5O2S/c1-3-14-21-19(17(26)24(14)11-12-5-6-12)9-7-13(8-10-19)16(25)20-18-23-22-15(4-2)27-18/h12-13H,3-11H2,1-2H3,(H,20,23,25). The number of hydrogen-bond acceptors (Lipinski definition) is 6. The summed E-state index contributed by atoms with van der Waals surface area (Å²) in [7, 11) is 0. The van der Waals surface area contributed by atoms with Gasteiger partial charge in [0.1, 0.15) is 16.4 Å². The van der Waals surface area contributed by atoms with Crippen molar-refractivity contribution < 1.29 is 9.59 Å². The lowest BCUT2D eigenvalue weighted by molar-refractivity contribution is -0.134. The van der Waals surface area contributed by atoms with E-state index in [1.165, 1.54) is 24.2 Å². The Morgan fingerprint density at radius 2 is 1.93 bits per heavy atom. The van der Waals surface area contributed by atoms with E-state index in [2.05, 4.69) is 22.4 Å². The second kappa shape index (κ2) is 7.30. The van der Waals surface area contributed by atoms with E-state index >= 15 is 0 Å². The Hall–Kier alpha value is -1.83. The second-order valence-corrected chi connectivity index (χ2v) is 8.95. The van der Waals surface area contributed by atoms with Crippen LogP contribution in [0.3, 0.4) is 0 Å². The molecule has 2 heterocycles. The van der Waals surface area contributed by atoms with Crippen molar-refractivity contribution >= 4 is 34.1 Å². The lowest BCUT2D eigenvalue weighted by atomic mass is 9.76. The summed E-state index contributed by atoms with van der Waals surface area (Å²) in [5, 5.41) is 12.4. The summed E-state index contributed by atoms with van der Waals surface area (Å²) in [5.41, 5.74) is -0.616. The zero-order valence-corrected chi connectivity index (χ0v) is 16.8. The smallest absolute Gasteiger partial charge is 0.255 e. The number of hydrogen-bond donors (Lipinski definition) is 1. The average molecular weight is 390 g/mol. The van der Waals surface area contributed by atoms with Gasteiger partial charge in [0.05, 0.1) is 0 Å². The van der Waals surface area contributed by atoms with Crippen molar-refractivity contribution in [2.75, 3.05) is 11.9 Å². The summed E-state index contributed by atoms with van der Waals surface area (Å²) in [6.07, 6.45) is 6.75. The van der Waals surface area contributed by atoms with Gasteiger partial charge in [-0.15, -0.1) is 10.2 Å². The summed E-state index contributed by atoms with van der Waals surface area (Å²) in [6, 6.07) is 0. The molecule has 0 atom stereocenters. The second-order valence-electron chi connectivity index (χ2n) is 7.89. The van der Waals surface area contributed by atoms with E-state index in [1.54, 1.807) is 0 Å². The summed E-state index contributed by atoms with van der Waals surface area (Å²) < 4.78 is 0. The van der Waals surface area contributed by atoms with Crippen LogP contribution in [0.5, 0.6) is 0 Å². The van der Waals surface area contributed by atoms with Gasteiger partial charge in [-0.3, -0.25) is 19.5 Å². The molecule has 7 nitrogen and oxygen atoms in total. The molecule has 2 fully saturated rings. The monoisotopic (exact) mass is 389 g/mol. The van der Waals surface area contributed by atoms with Crippen LogP contribution in [0.25, 0.3) is 0 Å². The summed E-state index contributed by atoms with van der Waals surface area (Å²) in [4.78, 5) is 32.5. The lowest BCUT2D eigenvalue weighted by Crippen LogP contribution is -2.46. The lowest BCUT2D eigenvalue weighted by Gasteiger charge is -2.33. The van der Waals surface area contributed by atoms with Gasteiger partial charge in [-0.2, -0.15) is 0 Å². The first-order valence-corrected chi connectivity index (χ1v) is 10.9. The largest absolute Gasteiger partial charge is 0.300 e. The number of amides is 2. The zero-order valence-electron chi connectivity index (χ0n) is 16.0. The molecular weight excluding hydrogens is 362 g/mol. The summed E-state index contributed by atoms with van der Waals surface area (Å²) >= 11 is 1.42. The van der Waals surface area contributed by atoms with Gasteiger partial charge in [0.25, 0.3) is 5.91 Å². The van der Waals surface area contributed by atoms with Crippen LogP contribution in [0.4, 0.5) is 5.13 Å². The SMILES string of the molecule is CCC1=NC2(CCC(C(=O)Nc3nnc(CC)s3)CC2)C(=O)N1CC1CC1. The molecule has 3 aliphatic rings. The van der Waals surface area contributed by atoms with Crippen molar-refractivity contribution in [2.45, 2.75) is 70.8 Å². The number of nitrogens with one attached hydrogen (secondary N) is 1. The number of aryl methyl sites for hydroxylation is 1. The van der Waals surface area contributed by atoms with Gasteiger partial charge in [0.15, 0.2) is 0 Å². The minimum atomic E-state index is -0.616. The highest BCUT2D eigenvalue weighted by molar-refractivity contribution is 7.15. The number of aromatic nitrogens is 2. The topological polar surface area (TPSA) is 87.5 Å². The van der Waals surface area contributed by atoms with E-state index in [0.29, 0.717) is 36.7 Å². The number of anilines is 1. The highest BCUT2D eigenvalue weighted by Gasteiger charge is 2.50.